The molecule has 1 atom stereocenters. The largest absolute Gasteiger partial charge is 0.358 e. The number of nitrogens with zero attached hydrogens (tertiary/aromatic N) is 2. The summed E-state index contributed by atoms with van der Waals surface area (Å²) in [5.41, 5.74) is 4.49. The monoisotopic (exact) mass is 385 g/mol. The maximum atomic E-state index is 13.7. The van der Waals surface area contributed by atoms with E-state index in [4.69, 9.17) is 16.6 Å². The van der Waals surface area contributed by atoms with Gasteiger partial charge in [0.05, 0.1) is 10.2 Å². The van der Waals surface area contributed by atoms with Crippen LogP contribution in [-0.4, -0.2) is 23.1 Å². The number of hydrogen-bond acceptors (Lipinski definition) is 3. The molecule has 0 amide bonds. The number of H-pyrrole nitrogens is 1. The third-order valence-electron chi connectivity index (χ3n) is 5.31. The predicted octanol–water partition coefficient (Wildman–Crippen LogP) is 5.56. The first-order chi connectivity index (χ1) is 12.6. The van der Waals surface area contributed by atoms with Crippen molar-refractivity contribution < 1.29 is 4.39 Å². The summed E-state index contributed by atoms with van der Waals surface area (Å²) in [6.07, 6.45) is 2.92. The van der Waals surface area contributed by atoms with Gasteiger partial charge < -0.3 is 9.88 Å². The first-order valence-electron chi connectivity index (χ1n) is 8.66. The number of nitrogens with one attached hydrogen (secondary N) is 1. The zero-order chi connectivity index (χ0) is 17.8. The number of thiazole rings is 1. The average molecular weight is 386 g/mol. The second-order valence-corrected chi connectivity index (χ2v) is 8.33. The second kappa shape index (κ2) is 5.96. The highest BCUT2D eigenvalue weighted by Gasteiger charge is 2.27. The van der Waals surface area contributed by atoms with Gasteiger partial charge in [-0.15, -0.1) is 0 Å². The van der Waals surface area contributed by atoms with E-state index in [1.807, 2.05) is 24.3 Å². The van der Waals surface area contributed by atoms with Crippen LogP contribution in [0.1, 0.15) is 17.7 Å². The van der Waals surface area contributed by atoms with Gasteiger partial charge in [-0.2, -0.15) is 0 Å². The Morgan fingerprint density at radius 1 is 1.27 bits per heavy atom. The number of anilines is 1. The second-order valence-electron chi connectivity index (χ2n) is 6.89. The van der Waals surface area contributed by atoms with Crippen molar-refractivity contribution in [2.45, 2.75) is 25.3 Å². The lowest BCUT2D eigenvalue weighted by Gasteiger charge is -2.31. The summed E-state index contributed by atoms with van der Waals surface area (Å²) in [4.78, 5) is 10.5. The molecule has 0 spiro atoms. The smallest absolute Gasteiger partial charge is 0.186 e. The van der Waals surface area contributed by atoms with Crippen LogP contribution in [0.2, 0.25) is 5.02 Å². The van der Waals surface area contributed by atoms with Crippen molar-refractivity contribution in [2.75, 3.05) is 11.9 Å². The van der Waals surface area contributed by atoms with Crippen molar-refractivity contribution in [3.8, 4) is 0 Å². The van der Waals surface area contributed by atoms with E-state index in [0.717, 1.165) is 50.5 Å². The molecule has 132 valence electrons. The van der Waals surface area contributed by atoms with Crippen LogP contribution in [0.5, 0.6) is 0 Å². The van der Waals surface area contributed by atoms with E-state index >= 15 is 0 Å². The summed E-state index contributed by atoms with van der Waals surface area (Å²) in [5, 5.41) is 2.74. The number of likely N-dealkylation sites (N-methyl/N-ethyl adjacent to an activating group) is 1. The van der Waals surface area contributed by atoms with E-state index in [1.54, 1.807) is 17.4 Å². The number of halogens is 2. The molecule has 0 fully saturated rings. The molecular formula is C20H17ClFN3S. The minimum Gasteiger partial charge on any atom is -0.358 e. The van der Waals surface area contributed by atoms with Crippen molar-refractivity contribution in [1.29, 1.82) is 0 Å². The van der Waals surface area contributed by atoms with Crippen LogP contribution in [0.15, 0.2) is 36.4 Å². The molecule has 1 N–H and O–H groups in total. The first-order valence-corrected chi connectivity index (χ1v) is 9.86. The quantitative estimate of drug-likeness (QED) is 0.489. The van der Waals surface area contributed by atoms with Crippen molar-refractivity contribution in [3.63, 3.8) is 0 Å². The Bertz CT molecular complexity index is 1130. The summed E-state index contributed by atoms with van der Waals surface area (Å²) < 4.78 is 14.8. The highest BCUT2D eigenvalue weighted by atomic mass is 35.5. The molecule has 4 aromatic rings. The third kappa shape index (κ3) is 2.58. The van der Waals surface area contributed by atoms with Gasteiger partial charge in [0.25, 0.3) is 0 Å². The van der Waals surface area contributed by atoms with Crippen LogP contribution in [0.25, 0.3) is 21.1 Å². The maximum Gasteiger partial charge on any atom is 0.186 e. The molecule has 0 saturated heterocycles. The molecule has 0 bridgehead atoms. The van der Waals surface area contributed by atoms with E-state index in [-0.39, 0.29) is 5.82 Å². The number of rotatable bonds is 2. The summed E-state index contributed by atoms with van der Waals surface area (Å²) in [5.74, 6) is -0.183. The average Bonchev–Trinajstić information content (AvgIpc) is 3.21. The van der Waals surface area contributed by atoms with Gasteiger partial charge in [-0.3, -0.25) is 0 Å². The Hall–Kier alpha value is -2.11. The molecule has 6 heteroatoms. The fourth-order valence-electron chi connectivity index (χ4n) is 3.89. The van der Waals surface area contributed by atoms with Gasteiger partial charge in [-0.05, 0) is 61.2 Å². The number of aromatic nitrogens is 2. The van der Waals surface area contributed by atoms with Crippen molar-refractivity contribution in [1.82, 2.24) is 9.97 Å². The zero-order valence-corrected chi connectivity index (χ0v) is 15.8. The van der Waals surface area contributed by atoms with Crippen LogP contribution < -0.4 is 4.90 Å². The van der Waals surface area contributed by atoms with Crippen LogP contribution in [0, 0.1) is 5.82 Å². The highest BCUT2D eigenvalue weighted by Crippen LogP contribution is 2.35. The summed E-state index contributed by atoms with van der Waals surface area (Å²) in [6.45, 7) is 0. The third-order valence-corrected chi connectivity index (χ3v) is 6.66. The molecule has 3 nitrogen and oxygen atoms in total. The number of aryl methyl sites for hydroxylation is 1. The molecule has 1 unspecified atom stereocenters. The summed E-state index contributed by atoms with van der Waals surface area (Å²) in [6, 6.07) is 11.1. The number of fused-ring (bicyclic) bond motifs is 4. The maximum absolute atomic E-state index is 13.7. The van der Waals surface area contributed by atoms with Gasteiger partial charge in [-0.1, -0.05) is 22.9 Å². The molecule has 26 heavy (non-hydrogen) atoms. The van der Waals surface area contributed by atoms with Gasteiger partial charge in [0.2, 0.25) is 0 Å². The first kappa shape index (κ1) is 16.1. The molecular weight excluding hydrogens is 369 g/mol. The summed E-state index contributed by atoms with van der Waals surface area (Å²) >= 11 is 7.76. The molecule has 1 aliphatic rings. The van der Waals surface area contributed by atoms with E-state index in [1.165, 1.54) is 17.3 Å². The lowest BCUT2D eigenvalue weighted by molar-refractivity contribution is 0.545. The molecule has 1 aliphatic carbocycles. The molecule has 2 aromatic heterocycles. The standard InChI is InChI=1S/C20H17ClFN3S/c1-25(20-24-18-5-2-11(21)8-19(18)26-20)13-4-7-17-15(10-13)14-9-12(22)3-6-16(14)23-17/h2-3,5-6,8-9,13,23H,4,7,10H2,1H3. The van der Waals surface area contributed by atoms with E-state index in [2.05, 4.69) is 16.9 Å². The van der Waals surface area contributed by atoms with Gasteiger partial charge in [0.15, 0.2) is 5.13 Å². The van der Waals surface area contributed by atoms with Crippen molar-refractivity contribution in [2.24, 2.45) is 0 Å². The number of hydrogen-bond donors (Lipinski definition) is 1. The zero-order valence-electron chi connectivity index (χ0n) is 14.2. The molecule has 0 saturated carbocycles. The Morgan fingerprint density at radius 3 is 3.04 bits per heavy atom. The predicted molar refractivity (Wildman–Crippen MR) is 107 cm³/mol. The minimum absolute atomic E-state index is 0.183. The highest BCUT2D eigenvalue weighted by molar-refractivity contribution is 7.22. The fourth-order valence-corrected chi connectivity index (χ4v) is 5.17. The van der Waals surface area contributed by atoms with E-state index in [9.17, 15) is 4.39 Å². The molecule has 5 rings (SSSR count). The molecule has 2 aromatic carbocycles. The van der Waals surface area contributed by atoms with Crippen LogP contribution in [0.4, 0.5) is 9.52 Å². The van der Waals surface area contributed by atoms with Gasteiger partial charge in [0, 0.05) is 34.7 Å². The normalized spacial score (nSPS) is 17.0. The van der Waals surface area contributed by atoms with E-state index in [0.29, 0.717) is 6.04 Å². The van der Waals surface area contributed by atoms with Gasteiger partial charge >= 0.3 is 0 Å². The Balaban J connectivity index is 1.49. The lowest BCUT2D eigenvalue weighted by atomic mass is 9.91. The SMILES string of the molecule is CN(c1nc2ccc(Cl)cc2s1)C1CCc2[nH]c3ccc(F)cc3c2C1. The van der Waals surface area contributed by atoms with E-state index < -0.39 is 0 Å². The summed E-state index contributed by atoms with van der Waals surface area (Å²) in [7, 11) is 2.10. The van der Waals surface area contributed by atoms with Crippen molar-refractivity contribution >= 4 is 49.2 Å². The van der Waals surface area contributed by atoms with Gasteiger partial charge in [-0.25, -0.2) is 9.37 Å². The van der Waals surface area contributed by atoms with Crippen LogP contribution in [0.3, 0.4) is 0 Å². The topological polar surface area (TPSA) is 31.9 Å². The Kier molecular flexibility index (Phi) is 3.69. The van der Waals surface area contributed by atoms with Crippen molar-refractivity contribution in [3.05, 3.63) is 58.5 Å². The minimum atomic E-state index is -0.183. The molecule has 0 radical (unpaired) electrons. The molecule has 2 heterocycles. The van der Waals surface area contributed by atoms with Crippen LogP contribution >= 0.6 is 22.9 Å². The fraction of sp³-hybridized carbons (Fsp3) is 0.250. The van der Waals surface area contributed by atoms with Gasteiger partial charge in [0.1, 0.15) is 5.82 Å². The lowest BCUT2D eigenvalue weighted by Crippen LogP contribution is -2.36. The number of benzene rings is 2. The Labute approximate surface area is 159 Å². The van der Waals surface area contributed by atoms with Crippen LogP contribution in [-0.2, 0) is 12.8 Å². The Morgan fingerprint density at radius 2 is 2.15 bits per heavy atom. The molecule has 0 aliphatic heterocycles. The number of aromatic amines is 1.